The van der Waals surface area contributed by atoms with Crippen molar-refractivity contribution in [2.45, 2.75) is 13.3 Å². The Morgan fingerprint density at radius 3 is 3.00 bits per heavy atom. The molecule has 0 saturated heterocycles. The van der Waals surface area contributed by atoms with Crippen molar-refractivity contribution in [1.82, 2.24) is 15.2 Å². The summed E-state index contributed by atoms with van der Waals surface area (Å²) in [5.41, 5.74) is 0. The molecule has 1 heterocycles. The minimum absolute atomic E-state index is 0.0918. The zero-order valence-electron chi connectivity index (χ0n) is 6.59. The highest BCUT2D eigenvalue weighted by atomic mass is 79.9. The molecule has 6 heteroatoms. The third-order valence-electron chi connectivity index (χ3n) is 1.17. The molecule has 2 N–H and O–H groups in total. The molecule has 0 aromatic carbocycles. The number of nitrogens with one attached hydrogen (secondary N) is 2. The van der Waals surface area contributed by atoms with Crippen LogP contribution in [0, 0.1) is 6.92 Å². The Kier molecular flexibility index (Phi) is 3.21. The van der Waals surface area contributed by atoms with Gasteiger partial charge >= 0.3 is 0 Å². The maximum absolute atomic E-state index is 11.0. The van der Waals surface area contributed by atoms with Crippen molar-refractivity contribution in [2.24, 2.45) is 0 Å². The van der Waals surface area contributed by atoms with E-state index >= 15 is 0 Å². The smallest absolute Gasteiger partial charge is 0.248 e. The number of nitrogens with zero attached hydrogens (tertiary/aromatic N) is 2. The van der Waals surface area contributed by atoms with Gasteiger partial charge in [0.2, 0.25) is 11.9 Å². The van der Waals surface area contributed by atoms with Gasteiger partial charge < -0.3 is 0 Å². The summed E-state index contributed by atoms with van der Waals surface area (Å²) < 4.78 is 0. The topological polar surface area (TPSA) is 70.7 Å². The number of carbonyl (C=O) groups is 1. The van der Waals surface area contributed by atoms with E-state index in [1.807, 2.05) is 0 Å². The first kappa shape index (κ1) is 9.18. The molecule has 0 aliphatic heterocycles. The van der Waals surface area contributed by atoms with Crippen molar-refractivity contribution in [3.63, 3.8) is 0 Å². The van der Waals surface area contributed by atoms with E-state index in [1.54, 1.807) is 6.92 Å². The molecule has 0 spiro atoms. The van der Waals surface area contributed by atoms with E-state index in [2.05, 4.69) is 36.4 Å². The number of amides is 1. The normalized spacial score (nSPS) is 9.83. The fourth-order valence-corrected chi connectivity index (χ4v) is 1.03. The van der Waals surface area contributed by atoms with Crippen molar-refractivity contribution >= 4 is 27.8 Å². The van der Waals surface area contributed by atoms with E-state index in [4.69, 9.17) is 0 Å². The van der Waals surface area contributed by atoms with Gasteiger partial charge in [-0.2, -0.15) is 4.98 Å². The molecule has 0 bridgehead atoms. The molecular formula is C6H9BrN4O. The molecule has 5 nitrogen and oxygen atoms in total. The first-order valence-corrected chi connectivity index (χ1v) is 4.59. The molecule has 0 unspecified atom stereocenters. The van der Waals surface area contributed by atoms with Crippen LogP contribution in [0.5, 0.6) is 0 Å². The summed E-state index contributed by atoms with van der Waals surface area (Å²) in [6.07, 6.45) is 0.424. The van der Waals surface area contributed by atoms with E-state index in [1.165, 1.54) is 0 Å². The number of aromatic amines is 1. The summed E-state index contributed by atoms with van der Waals surface area (Å²) in [6.45, 7) is 1.77. The number of H-pyrrole nitrogens is 1. The summed E-state index contributed by atoms with van der Waals surface area (Å²) in [5, 5.41) is 9.57. The van der Waals surface area contributed by atoms with E-state index in [-0.39, 0.29) is 5.91 Å². The highest BCUT2D eigenvalue weighted by Gasteiger charge is 2.03. The van der Waals surface area contributed by atoms with Crippen LogP contribution < -0.4 is 5.32 Å². The number of halogens is 1. The van der Waals surface area contributed by atoms with Gasteiger partial charge in [-0.25, -0.2) is 0 Å². The summed E-state index contributed by atoms with van der Waals surface area (Å²) >= 11 is 3.16. The predicted octanol–water partition coefficient (Wildman–Crippen LogP) is 0.837. The Morgan fingerprint density at radius 2 is 2.50 bits per heavy atom. The molecule has 0 fully saturated rings. The third kappa shape index (κ3) is 2.61. The second-order valence-electron chi connectivity index (χ2n) is 2.23. The molecule has 0 saturated carbocycles. The Balaban J connectivity index is 2.46. The molecule has 1 aromatic rings. The van der Waals surface area contributed by atoms with Gasteiger partial charge in [0.1, 0.15) is 5.82 Å². The number of aromatic nitrogens is 3. The van der Waals surface area contributed by atoms with Crippen LogP contribution in [0.4, 0.5) is 5.95 Å². The number of carbonyl (C=O) groups excluding carboxylic acids is 1. The molecule has 0 atom stereocenters. The first-order chi connectivity index (χ1) is 5.72. The molecule has 12 heavy (non-hydrogen) atoms. The van der Waals surface area contributed by atoms with Gasteiger partial charge in [0, 0.05) is 11.8 Å². The van der Waals surface area contributed by atoms with Crippen LogP contribution in [0.2, 0.25) is 0 Å². The summed E-state index contributed by atoms with van der Waals surface area (Å²) in [6, 6.07) is 0. The molecule has 1 rings (SSSR count). The standard InChI is InChI=1S/C6H9BrN4O/c1-4-8-6(11-10-4)9-5(12)2-3-7/h2-3H2,1H3,(H2,8,9,10,11,12). The Morgan fingerprint density at radius 1 is 1.75 bits per heavy atom. The van der Waals surface area contributed by atoms with Crippen molar-refractivity contribution in [2.75, 3.05) is 10.6 Å². The lowest BCUT2D eigenvalue weighted by atomic mass is 10.5. The van der Waals surface area contributed by atoms with Gasteiger partial charge in [-0.05, 0) is 6.92 Å². The highest BCUT2D eigenvalue weighted by Crippen LogP contribution is 1.98. The molecule has 0 radical (unpaired) electrons. The fourth-order valence-electron chi connectivity index (χ4n) is 0.672. The van der Waals surface area contributed by atoms with Crippen LogP contribution in [-0.2, 0) is 4.79 Å². The number of hydrogen-bond acceptors (Lipinski definition) is 3. The average Bonchev–Trinajstić information content (AvgIpc) is 2.36. The Hall–Kier alpha value is -0.910. The minimum Gasteiger partial charge on any atom is -0.293 e. The quantitative estimate of drug-likeness (QED) is 0.760. The second kappa shape index (κ2) is 4.20. The summed E-state index contributed by atoms with van der Waals surface area (Å²) in [5.74, 6) is 0.925. The van der Waals surface area contributed by atoms with Crippen molar-refractivity contribution in [3.05, 3.63) is 5.82 Å². The number of rotatable bonds is 3. The van der Waals surface area contributed by atoms with Crippen LogP contribution in [-0.4, -0.2) is 26.4 Å². The molecule has 66 valence electrons. The van der Waals surface area contributed by atoms with Gasteiger partial charge in [0.25, 0.3) is 0 Å². The van der Waals surface area contributed by atoms with Crippen LogP contribution in [0.15, 0.2) is 0 Å². The number of aryl methyl sites for hydroxylation is 1. The van der Waals surface area contributed by atoms with E-state index in [9.17, 15) is 4.79 Å². The van der Waals surface area contributed by atoms with Crippen LogP contribution in [0.1, 0.15) is 12.2 Å². The highest BCUT2D eigenvalue weighted by molar-refractivity contribution is 9.09. The van der Waals surface area contributed by atoms with Crippen LogP contribution >= 0.6 is 15.9 Å². The largest absolute Gasteiger partial charge is 0.293 e. The SMILES string of the molecule is Cc1nc(NC(=O)CCBr)n[nH]1. The Bertz CT molecular complexity index is 272. The lowest BCUT2D eigenvalue weighted by molar-refractivity contribution is -0.115. The van der Waals surface area contributed by atoms with Crippen LogP contribution in [0.3, 0.4) is 0 Å². The minimum atomic E-state index is -0.0918. The fraction of sp³-hybridized carbons (Fsp3) is 0.500. The van der Waals surface area contributed by atoms with Crippen molar-refractivity contribution in [3.8, 4) is 0 Å². The second-order valence-corrected chi connectivity index (χ2v) is 3.02. The van der Waals surface area contributed by atoms with Crippen molar-refractivity contribution < 1.29 is 4.79 Å². The third-order valence-corrected chi connectivity index (χ3v) is 1.57. The van der Waals surface area contributed by atoms with E-state index in [0.29, 0.717) is 23.5 Å². The van der Waals surface area contributed by atoms with Gasteiger partial charge in [-0.1, -0.05) is 15.9 Å². The zero-order valence-corrected chi connectivity index (χ0v) is 8.18. The molecule has 1 amide bonds. The van der Waals surface area contributed by atoms with E-state index in [0.717, 1.165) is 0 Å². The monoisotopic (exact) mass is 232 g/mol. The maximum Gasteiger partial charge on any atom is 0.248 e. The van der Waals surface area contributed by atoms with Crippen LogP contribution in [0.25, 0.3) is 0 Å². The van der Waals surface area contributed by atoms with Gasteiger partial charge in [-0.3, -0.25) is 15.2 Å². The molecular weight excluding hydrogens is 224 g/mol. The predicted molar refractivity (Wildman–Crippen MR) is 48.2 cm³/mol. The maximum atomic E-state index is 11.0. The van der Waals surface area contributed by atoms with Gasteiger partial charge in [0.05, 0.1) is 0 Å². The average molecular weight is 233 g/mol. The molecule has 0 aliphatic rings. The first-order valence-electron chi connectivity index (χ1n) is 3.47. The Labute approximate surface area is 78.1 Å². The van der Waals surface area contributed by atoms with Crippen molar-refractivity contribution in [1.29, 1.82) is 0 Å². The lowest BCUT2D eigenvalue weighted by Crippen LogP contribution is -2.12. The van der Waals surface area contributed by atoms with E-state index < -0.39 is 0 Å². The lowest BCUT2D eigenvalue weighted by Gasteiger charge is -1.95. The van der Waals surface area contributed by atoms with Gasteiger partial charge in [0.15, 0.2) is 0 Å². The number of anilines is 1. The van der Waals surface area contributed by atoms with Gasteiger partial charge in [-0.15, -0.1) is 5.10 Å². The molecule has 0 aliphatic carbocycles. The molecule has 1 aromatic heterocycles. The summed E-state index contributed by atoms with van der Waals surface area (Å²) in [7, 11) is 0. The number of hydrogen-bond donors (Lipinski definition) is 2. The zero-order chi connectivity index (χ0) is 8.97. The number of alkyl halides is 1. The summed E-state index contributed by atoms with van der Waals surface area (Å²) in [4.78, 5) is 14.9.